The highest BCUT2D eigenvalue weighted by atomic mass is 32.1. The van der Waals surface area contributed by atoms with Gasteiger partial charge >= 0.3 is 5.69 Å². The highest BCUT2D eigenvalue weighted by Gasteiger charge is 2.20. The third-order valence-electron chi connectivity index (χ3n) is 3.05. The Kier molecular flexibility index (Phi) is 3.62. The first kappa shape index (κ1) is 13.0. The Labute approximate surface area is 119 Å². The van der Waals surface area contributed by atoms with E-state index in [1.165, 1.54) is 11.3 Å². The van der Waals surface area contributed by atoms with Gasteiger partial charge in [0.15, 0.2) is 0 Å². The minimum absolute atomic E-state index is 0.180. The molecule has 0 aromatic carbocycles. The Morgan fingerprint density at radius 2 is 2.20 bits per heavy atom. The van der Waals surface area contributed by atoms with Crippen LogP contribution in [-0.2, 0) is 4.74 Å². The Hall–Kier alpha value is -1.99. The molecule has 3 rings (SSSR count). The van der Waals surface area contributed by atoms with Crippen LogP contribution in [0.3, 0.4) is 0 Å². The summed E-state index contributed by atoms with van der Waals surface area (Å²) in [6.45, 7) is 2.10. The van der Waals surface area contributed by atoms with Crippen molar-refractivity contribution in [3.8, 4) is 10.6 Å². The van der Waals surface area contributed by atoms with Gasteiger partial charge in [-0.05, 0) is 17.5 Å². The van der Waals surface area contributed by atoms with Crippen molar-refractivity contribution in [2.24, 2.45) is 0 Å². The molecule has 1 aliphatic heterocycles. The third kappa shape index (κ3) is 2.63. The van der Waals surface area contributed by atoms with Crippen molar-refractivity contribution >= 4 is 17.2 Å². The normalized spacial score (nSPS) is 15.3. The molecule has 3 heterocycles. The number of rotatable bonds is 2. The maximum absolute atomic E-state index is 12.3. The molecule has 1 amide bonds. The first-order chi connectivity index (χ1) is 9.74. The van der Waals surface area contributed by atoms with E-state index in [0.717, 1.165) is 4.88 Å². The standard InChI is InChI=1S/C13H13N3O3S/c17-12(16-3-5-19-6-4-16)10-8-9(14-13(18)15-10)11-2-1-7-20-11/h1-2,7-8H,3-6H2,(H,14,15,18). The van der Waals surface area contributed by atoms with E-state index in [1.807, 2.05) is 17.5 Å². The summed E-state index contributed by atoms with van der Waals surface area (Å²) in [5.41, 5.74) is 0.295. The number of carbonyl (C=O) groups is 1. The summed E-state index contributed by atoms with van der Waals surface area (Å²) < 4.78 is 5.21. The summed E-state index contributed by atoms with van der Waals surface area (Å²) in [4.78, 5) is 33.0. The molecule has 2 aromatic heterocycles. The molecule has 1 aliphatic rings. The summed E-state index contributed by atoms with van der Waals surface area (Å²) in [7, 11) is 0. The molecular formula is C13H13N3O3S. The second kappa shape index (κ2) is 5.56. The third-order valence-corrected chi connectivity index (χ3v) is 3.95. The van der Waals surface area contributed by atoms with Gasteiger partial charge < -0.3 is 14.6 Å². The lowest BCUT2D eigenvalue weighted by Gasteiger charge is -2.26. The molecule has 2 aromatic rings. The molecule has 0 atom stereocenters. The predicted molar refractivity (Wildman–Crippen MR) is 74.9 cm³/mol. The molecule has 1 saturated heterocycles. The van der Waals surface area contributed by atoms with Crippen LogP contribution in [0.1, 0.15) is 10.5 Å². The van der Waals surface area contributed by atoms with Crippen LogP contribution in [0.25, 0.3) is 10.6 Å². The minimum Gasteiger partial charge on any atom is -0.378 e. The van der Waals surface area contributed by atoms with E-state index in [4.69, 9.17) is 4.74 Å². The van der Waals surface area contributed by atoms with E-state index in [0.29, 0.717) is 32.0 Å². The maximum atomic E-state index is 12.3. The molecule has 0 unspecified atom stereocenters. The molecule has 0 radical (unpaired) electrons. The number of carbonyl (C=O) groups excluding carboxylic acids is 1. The monoisotopic (exact) mass is 291 g/mol. The summed E-state index contributed by atoms with van der Waals surface area (Å²) in [6.07, 6.45) is 0. The second-order valence-corrected chi connectivity index (χ2v) is 5.31. The zero-order valence-corrected chi connectivity index (χ0v) is 11.5. The molecule has 1 N–H and O–H groups in total. The first-order valence-electron chi connectivity index (χ1n) is 6.26. The Bertz CT molecular complexity index is 660. The van der Waals surface area contributed by atoms with Crippen LogP contribution >= 0.6 is 11.3 Å². The molecule has 104 valence electrons. The summed E-state index contributed by atoms with van der Waals surface area (Å²) in [6, 6.07) is 5.41. The van der Waals surface area contributed by atoms with E-state index in [9.17, 15) is 9.59 Å². The fourth-order valence-corrected chi connectivity index (χ4v) is 2.76. The van der Waals surface area contributed by atoms with Gasteiger partial charge in [0, 0.05) is 13.1 Å². The lowest BCUT2D eigenvalue weighted by molar-refractivity contribution is 0.0298. The zero-order chi connectivity index (χ0) is 13.9. The molecule has 1 fully saturated rings. The van der Waals surface area contributed by atoms with Gasteiger partial charge in [-0.25, -0.2) is 4.79 Å². The number of thiophene rings is 1. The second-order valence-electron chi connectivity index (χ2n) is 4.37. The summed E-state index contributed by atoms with van der Waals surface area (Å²) >= 11 is 1.50. The van der Waals surface area contributed by atoms with Gasteiger partial charge in [-0.3, -0.25) is 4.79 Å². The van der Waals surface area contributed by atoms with Crippen molar-refractivity contribution in [1.29, 1.82) is 0 Å². The minimum atomic E-state index is -0.507. The van der Waals surface area contributed by atoms with E-state index in [1.54, 1.807) is 11.0 Å². The number of nitrogens with one attached hydrogen (secondary N) is 1. The van der Waals surface area contributed by atoms with Gasteiger partial charge in [-0.2, -0.15) is 4.98 Å². The van der Waals surface area contributed by atoms with Gasteiger partial charge in [-0.15, -0.1) is 11.3 Å². The smallest absolute Gasteiger partial charge is 0.346 e. The molecule has 0 saturated carbocycles. The van der Waals surface area contributed by atoms with E-state index in [-0.39, 0.29) is 11.6 Å². The first-order valence-corrected chi connectivity index (χ1v) is 7.14. The topological polar surface area (TPSA) is 75.3 Å². The predicted octanol–water partition coefficient (Wildman–Crippen LogP) is 0.971. The SMILES string of the molecule is O=C(c1cc(-c2cccs2)[nH]c(=O)n1)N1CCOCC1. The van der Waals surface area contributed by atoms with Crippen molar-refractivity contribution in [1.82, 2.24) is 14.9 Å². The van der Waals surface area contributed by atoms with Crippen LogP contribution in [-0.4, -0.2) is 47.1 Å². The number of H-pyrrole nitrogens is 1. The fourth-order valence-electron chi connectivity index (χ4n) is 2.06. The average molecular weight is 291 g/mol. The van der Waals surface area contributed by atoms with Gasteiger partial charge in [-0.1, -0.05) is 6.07 Å². The highest BCUT2D eigenvalue weighted by Crippen LogP contribution is 2.22. The largest absolute Gasteiger partial charge is 0.378 e. The van der Waals surface area contributed by atoms with Crippen LogP contribution < -0.4 is 5.69 Å². The average Bonchev–Trinajstić information content (AvgIpc) is 3.01. The van der Waals surface area contributed by atoms with Crippen molar-refractivity contribution in [2.75, 3.05) is 26.3 Å². The number of hydrogen-bond acceptors (Lipinski definition) is 5. The lowest BCUT2D eigenvalue weighted by Crippen LogP contribution is -2.41. The van der Waals surface area contributed by atoms with Crippen molar-refractivity contribution in [3.63, 3.8) is 0 Å². The Morgan fingerprint density at radius 3 is 2.90 bits per heavy atom. The van der Waals surface area contributed by atoms with Crippen LogP contribution in [0.15, 0.2) is 28.4 Å². The van der Waals surface area contributed by atoms with Crippen molar-refractivity contribution in [2.45, 2.75) is 0 Å². The van der Waals surface area contributed by atoms with Gasteiger partial charge in [0.1, 0.15) is 5.69 Å². The van der Waals surface area contributed by atoms with E-state index < -0.39 is 5.69 Å². The number of ether oxygens (including phenoxy) is 1. The number of aromatic nitrogens is 2. The van der Waals surface area contributed by atoms with E-state index >= 15 is 0 Å². The fraction of sp³-hybridized carbons (Fsp3) is 0.308. The van der Waals surface area contributed by atoms with Gasteiger partial charge in [0.2, 0.25) is 0 Å². The number of aromatic amines is 1. The molecule has 0 bridgehead atoms. The van der Waals surface area contributed by atoms with Gasteiger partial charge in [0.05, 0.1) is 23.8 Å². The van der Waals surface area contributed by atoms with Crippen molar-refractivity contribution < 1.29 is 9.53 Å². The van der Waals surface area contributed by atoms with Crippen LogP contribution in [0.5, 0.6) is 0 Å². The summed E-state index contributed by atoms with van der Waals surface area (Å²) in [5, 5.41) is 1.91. The lowest BCUT2D eigenvalue weighted by atomic mass is 10.2. The Morgan fingerprint density at radius 1 is 1.40 bits per heavy atom. The summed E-state index contributed by atoms with van der Waals surface area (Å²) in [5.74, 6) is -0.225. The number of amides is 1. The molecule has 20 heavy (non-hydrogen) atoms. The highest BCUT2D eigenvalue weighted by molar-refractivity contribution is 7.13. The molecule has 7 heteroatoms. The quantitative estimate of drug-likeness (QED) is 0.894. The van der Waals surface area contributed by atoms with Crippen molar-refractivity contribution in [3.05, 3.63) is 39.8 Å². The van der Waals surface area contributed by atoms with Crippen LogP contribution in [0, 0.1) is 0 Å². The molecular weight excluding hydrogens is 278 g/mol. The van der Waals surface area contributed by atoms with Crippen LogP contribution in [0.4, 0.5) is 0 Å². The number of hydrogen-bond donors (Lipinski definition) is 1. The maximum Gasteiger partial charge on any atom is 0.346 e. The van der Waals surface area contributed by atoms with E-state index in [2.05, 4.69) is 9.97 Å². The van der Waals surface area contributed by atoms with Crippen LogP contribution in [0.2, 0.25) is 0 Å². The van der Waals surface area contributed by atoms with Gasteiger partial charge in [0.25, 0.3) is 5.91 Å². The zero-order valence-electron chi connectivity index (χ0n) is 10.7. The molecule has 0 aliphatic carbocycles. The molecule has 0 spiro atoms. The molecule has 6 nitrogen and oxygen atoms in total. The number of morpholine rings is 1. The Balaban J connectivity index is 1.93. The number of nitrogens with zero attached hydrogens (tertiary/aromatic N) is 2.